The summed E-state index contributed by atoms with van der Waals surface area (Å²) in [5.41, 5.74) is 0.916. The Hall–Kier alpha value is -0.870. The zero-order valence-corrected chi connectivity index (χ0v) is 6.97. The average molecular weight is 171 g/mol. The highest BCUT2D eigenvalue weighted by Gasteiger charge is 1.98. The molecular weight excluding hydrogens is 162 g/mol. The number of hydrogen-bond acceptors (Lipinski definition) is 4. The lowest BCUT2D eigenvalue weighted by Crippen LogP contribution is -1.85. The molecule has 0 bridgehead atoms. The molecule has 1 heterocycles. The van der Waals surface area contributed by atoms with Crippen molar-refractivity contribution in [3.8, 4) is 0 Å². The molecule has 0 saturated heterocycles. The second-order valence-electron chi connectivity index (χ2n) is 1.87. The van der Waals surface area contributed by atoms with Crippen molar-refractivity contribution >= 4 is 17.6 Å². The van der Waals surface area contributed by atoms with Crippen molar-refractivity contribution in [3.63, 3.8) is 0 Å². The van der Waals surface area contributed by atoms with Crippen molar-refractivity contribution in [2.75, 3.05) is 7.11 Å². The predicted molar refractivity (Wildman–Crippen MR) is 44.8 cm³/mol. The minimum atomic E-state index is 0.0583. The van der Waals surface area contributed by atoms with Crippen molar-refractivity contribution < 1.29 is 9.94 Å². The van der Waals surface area contributed by atoms with Crippen LogP contribution in [0.1, 0.15) is 10.4 Å². The van der Waals surface area contributed by atoms with Gasteiger partial charge in [-0.2, -0.15) is 0 Å². The van der Waals surface area contributed by atoms with E-state index in [1.54, 1.807) is 6.21 Å². The molecule has 0 spiro atoms. The molecular formula is C7H9NO2S. The largest absolute Gasteiger partial charge is 0.399 e. The van der Waals surface area contributed by atoms with Crippen LogP contribution < -0.4 is 0 Å². The number of oxime groups is 1. The Morgan fingerprint density at radius 3 is 3.27 bits per heavy atom. The van der Waals surface area contributed by atoms with E-state index in [1.165, 1.54) is 18.4 Å². The van der Waals surface area contributed by atoms with Crippen LogP contribution in [0.4, 0.5) is 0 Å². The lowest BCUT2D eigenvalue weighted by atomic mass is 10.3. The van der Waals surface area contributed by atoms with Gasteiger partial charge in [0.2, 0.25) is 0 Å². The summed E-state index contributed by atoms with van der Waals surface area (Å²) in [5.74, 6) is 0. The van der Waals surface area contributed by atoms with Crippen molar-refractivity contribution in [1.29, 1.82) is 0 Å². The van der Waals surface area contributed by atoms with Crippen LogP contribution in [-0.4, -0.2) is 18.4 Å². The van der Waals surface area contributed by atoms with Gasteiger partial charge < -0.3 is 9.94 Å². The van der Waals surface area contributed by atoms with Gasteiger partial charge >= 0.3 is 0 Å². The molecule has 1 N–H and O–H groups in total. The minimum absolute atomic E-state index is 0.0583. The van der Waals surface area contributed by atoms with Crippen LogP contribution in [0, 0.1) is 0 Å². The van der Waals surface area contributed by atoms with Gasteiger partial charge in [0, 0.05) is 10.4 Å². The summed E-state index contributed by atoms with van der Waals surface area (Å²) >= 11 is 1.50. The topological polar surface area (TPSA) is 41.8 Å². The van der Waals surface area contributed by atoms with E-state index in [-0.39, 0.29) is 6.61 Å². The van der Waals surface area contributed by atoms with Crippen molar-refractivity contribution in [2.45, 2.75) is 6.61 Å². The lowest BCUT2D eigenvalue weighted by molar-refractivity contribution is 0.215. The fourth-order valence-electron chi connectivity index (χ4n) is 0.704. The molecule has 0 fully saturated rings. The SMILES string of the molecule is CON=Cc1ccsc1CO. The maximum Gasteiger partial charge on any atom is 0.106 e. The van der Waals surface area contributed by atoms with Crippen molar-refractivity contribution in [1.82, 2.24) is 0 Å². The molecule has 60 valence electrons. The van der Waals surface area contributed by atoms with E-state index in [2.05, 4.69) is 9.99 Å². The van der Waals surface area contributed by atoms with E-state index in [1.807, 2.05) is 11.4 Å². The molecule has 0 amide bonds. The first kappa shape index (κ1) is 8.23. The molecule has 3 nitrogen and oxygen atoms in total. The molecule has 4 heteroatoms. The Labute approximate surface area is 68.9 Å². The van der Waals surface area contributed by atoms with Crippen LogP contribution in [0.15, 0.2) is 16.6 Å². The Balaban J connectivity index is 2.76. The second-order valence-corrected chi connectivity index (χ2v) is 2.87. The quantitative estimate of drug-likeness (QED) is 0.549. The molecule has 1 aromatic rings. The first-order chi connectivity index (χ1) is 5.38. The van der Waals surface area contributed by atoms with Crippen LogP contribution in [0.2, 0.25) is 0 Å². The Morgan fingerprint density at radius 2 is 2.64 bits per heavy atom. The number of thiophene rings is 1. The van der Waals surface area contributed by atoms with E-state index in [0.29, 0.717) is 0 Å². The molecule has 0 aliphatic rings. The number of hydrogen-bond donors (Lipinski definition) is 1. The maximum absolute atomic E-state index is 8.81. The Morgan fingerprint density at radius 1 is 1.82 bits per heavy atom. The molecule has 0 aliphatic carbocycles. The number of aliphatic hydroxyl groups is 1. The second kappa shape index (κ2) is 4.10. The molecule has 0 radical (unpaired) electrons. The van der Waals surface area contributed by atoms with E-state index in [0.717, 1.165) is 10.4 Å². The predicted octanol–water partition coefficient (Wildman–Crippen LogP) is 1.22. The van der Waals surface area contributed by atoms with Crippen molar-refractivity contribution in [3.05, 3.63) is 21.9 Å². The first-order valence-electron chi connectivity index (χ1n) is 3.12. The van der Waals surface area contributed by atoms with E-state index >= 15 is 0 Å². The van der Waals surface area contributed by atoms with Gasteiger partial charge in [-0.25, -0.2) is 0 Å². The van der Waals surface area contributed by atoms with Crippen LogP contribution in [0.25, 0.3) is 0 Å². The van der Waals surface area contributed by atoms with Gasteiger partial charge in [0.05, 0.1) is 12.8 Å². The van der Waals surface area contributed by atoms with Gasteiger partial charge in [-0.3, -0.25) is 0 Å². The molecule has 11 heavy (non-hydrogen) atoms. The van der Waals surface area contributed by atoms with Gasteiger partial charge in [-0.15, -0.1) is 11.3 Å². The third-order valence-electron chi connectivity index (χ3n) is 1.22. The summed E-state index contributed by atoms with van der Waals surface area (Å²) < 4.78 is 0. The highest BCUT2D eigenvalue weighted by Crippen LogP contribution is 2.14. The highest BCUT2D eigenvalue weighted by molar-refractivity contribution is 7.10. The number of rotatable bonds is 3. The Kier molecular flexibility index (Phi) is 3.07. The smallest absolute Gasteiger partial charge is 0.106 e. The molecule has 0 aromatic carbocycles. The normalized spacial score (nSPS) is 10.7. The molecule has 0 atom stereocenters. The maximum atomic E-state index is 8.81. The monoisotopic (exact) mass is 171 g/mol. The fraction of sp³-hybridized carbons (Fsp3) is 0.286. The highest BCUT2D eigenvalue weighted by atomic mass is 32.1. The standard InChI is InChI=1S/C7H9NO2S/c1-10-8-4-6-2-3-11-7(6)5-9/h2-4,9H,5H2,1H3. The van der Waals surface area contributed by atoms with Crippen LogP contribution in [0.5, 0.6) is 0 Å². The van der Waals surface area contributed by atoms with Crippen LogP contribution >= 0.6 is 11.3 Å². The number of nitrogens with zero attached hydrogens (tertiary/aromatic N) is 1. The summed E-state index contributed by atoms with van der Waals surface area (Å²) in [7, 11) is 1.49. The third kappa shape index (κ3) is 2.03. The van der Waals surface area contributed by atoms with Gasteiger partial charge in [-0.1, -0.05) is 5.16 Å². The van der Waals surface area contributed by atoms with Gasteiger partial charge in [-0.05, 0) is 11.4 Å². The summed E-state index contributed by atoms with van der Waals surface area (Å²) in [6.07, 6.45) is 1.59. The lowest BCUT2D eigenvalue weighted by Gasteiger charge is -1.90. The third-order valence-corrected chi connectivity index (χ3v) is 2.14. The van der Waals surface area contributed by atoms with Gasteiger partial charge in [0.25, 0.3) is 0 Å². The van der Waals surface area contributed by atoms with E-state index in [9.17, 15) is 0 Å². The van der Waals surface area contributed by atoms with Gasteiger partial charge in [0.15, 0.2) is 0 Å². The summed E-state index contributed by atoms with van der Waals surface area (Å²) in [4.78, 5) is 5.42. The summed E-state index contributed by atoms with van der Waals surface area (Å²) in [6.45, 7) is 0.0583. The molecule has 0 saturated carbocycles. The zero-order valence-electron chi connectivity index (χ0n) is 6.15. The van der Waals surface area contributed by atoms with Crippen molar-refractivity contribution in [2.24, 2.45) is 5.16 Å². The van der Waals surface area contributed by atoms with Gasteiger partial charge in [0.1, 0.15) is 7.11 Å². The van der Waals surface area contributed by atoms with Crippen LogP contribution in [-0.2, 0) is 11.4 Å². The first-order valence-corrected chi connectivity index (χ1v) is 4.00. The molecule has 0 unspecified atom stereocenters. The summed E-state index contributed by atoms with van der Waals surface area (Å²) in [5, 5.41) is 14.3. The van der Waals surface area contributed by atoms with Crippen LogP contribution in [0.3, 0.4) is 0 Å². The fourth-order valence-corrected chi connectivity index (χ4v) is 1.41. The average Bonchev–Trinajstić information content (AvgIpc) is 2.47. The van der Waals surface area contributed by atoms with E-state index in [4.69, 9.17) is 5.11 Å². The molecule has 1 aromatic heterocycles. The Bertz CT molecular complexity index is 244. The minimum Gasteiger partial charge on any atom is -0.399 e. The molecule has 1 rings (SSSR count). The zero-order chi connectivity index (χ0) is 8.10. The van der Waals surface area contributed by atoms with E-state index < -0.39 is 0 Å². The molecule has 0 aliphatic heterocycles. The summed E-state index contributed by atoms with van der Waals surface area (Å²) in [6, 6.07) is 1.89. The number of aliphatic hydroxyl groups excluding tert-OH is 1.